The van der Waals surface area contributed by atoms with Crippen LogP contribution in [0.1, 0.15) is 27.0 Å². The molecule has 4 aromatic rings. The number of hydrogen-bond acceptors (Lipinski definition) is 2. The fraction of sp³-hybridized carbons (Fsp3) is 0.0370. The number of Topliss-reactive ketones (excluding diaryl/α,β-unsaturated/α-hetero) is 1. The third kappa shape index (κ3) is 2.80. The molecular weight excluding hydrogens is 389 g/mol. The highest BCUT2D eigenvalue weighted by atomic mass is 19.1. The molecule has 31 heavy (non-hydrogen) atoms. The van der Waals surface area contributed by atoms with Gasteiger partial charge in [0.15, 0.2) is 0 Å². The van der Waals surface area contributed by atoms with E-state index in [0.717, 1.165) is 22.8 Å². The molecule has 0 spiro atoms. The maximum absolute atomic E-state index is 14.0. The van der Waals surface area contributed by atoms with Crippen LogP contribution >= 0.6 is 0 Å². The zero-order valence-electron chi connectivity index (χ0n) is 16.5. The Balaban J connectivity index is 1.93. The van der Waals surface area contributed by atoms with Gasteiger partial charge in [0.25, 0.3) is 5.78 Å². The van der Waals surface area contributed by atoms with E-state index >= 15 is 0 Å². The van der Waals surface area contributed by atoms with Gasteiger partial charge in [0.2, 0.25) is 0 Å². The molecule has 1 aliphatic heterocycles. The molecule has 0 bridgehead atoms. The first-order valence-corrected chi connectivity index (χ1v) is 9.99. The second kappa shape index (κ2) is 7.33. The molecule has 0 saturated heterocycles. The Morgan fingerprint density at radius 3 is 1.52 bits per heavy atom. The van der Waals surface area contributed by atoms with Crippen molar-refractivity contribution in [3.63, 3.8) is 0 Å². The van der Waals surface area contributed by atoms with Crippen LogP contribution in [0.25, 0.3) is 0 Å². The lowest BCUT2D eigenvalue weighted by atomic mass is 9.75. The zero-order valence-corrected chi connectivity index (χ0v) is 16.5. The number of amides is 1. The molecule has 150 valence electrons. The van der Waals surface area contributed by atoms with Crippen LogP contribution < -0.4 is 4.90 Å². The summed E-state index contributed by atoms with van der Waals surface area (Å²) >= 11 is 0. The maximum atomic E-state index is 14.0. The summed E-state index contributed by atoms with van der Waals surface area (Å²) in [5.41, 5.74) is 1.84. The van der Waals surface area contributed by atoms with E-state index < -0.39 is 23.0 Å². The van der Waals surface area contributed by atoms with Crippen LogP contribution in [0, 0.1) is 5.82 Å². The fourth-order valence-electron chi connectivity index (χ4n) is 4.47. The molecule has 0 N–H and O–H groups in total. The molecule has 1 aliphatic rings. The molecule has 0 unspecified atom stereocenters. The van der Waals surface area contributed by atoms with Gasteiger partial charge in [0.05, 0.1) is 11.3 Å². The van der Waals surface area contributed by atoms with Gasteiger partial charge in [-0.1, -0.05) is 91.0 Å². The first-order valence-electron chi connectivity index (χ1n) is 9.99. The number of carbonyl (C=O) groups is 2. The normalized spacial score (nSPS) is 13.4. The van der Waals surface area contributed by atoms with E-state index in [0.29, 0.717) is 5.69 Å². The Morgan fingerprint density at radius 1 is 0.613 bits per heavy atom. The van der Waals surface area contributed by atoms with E-state index in [9.17, 15) is 14.0 Å². The van der Waals surface area contributed by atoms with Crippen LogP contribution in [0.5, 0.6) is 0 Å². The first kappa shape index (κ1) is 18.9. The van der Waals surface area contributed by atoms with E-state index in [1.807, 2.05) is 91.0 Å². The van der Waals surface area contributed by atoms with Gasteiger partial charge in [-0.25, -0.2) is 4.39 Å². The molecule has 0 fully saturated rings. The fourth-order valence-corrected chi connectivity index (χ4v) is 4.47. The lowest BCUT2D eigenvalue weighted by Gasteiger charge is -2.43. The van der Waals surface area contributed by atoms with Crippen LogP contribution in [0.3, 0.4) is 0 Å². The SMILES string of the molecule is O=C1C(=O)N(C(c2ccccc2)(c2ccccc2)c2ccccc2)c2ccc(F)cc21. The molecule has 4 heteroatoms. The summed E-state index contributed by atoms with van der Waals surface area (Å²) < 4.78 is 14.0. The highest BCUT2D eigenvalue weighted by Gasteiger charge is 2.51. The standard InChI is InChI=1S/C27H18FNO2/c28-22-16-17-24-23(18-22)25(30)26(31)29(24)27(19-10-4-1-5-11-19,20-12-6-2-7-13-20)21-14-8-3-9-15-21/h1-18H. The number of fused-ring (bicyclic) bond motifs is 1. The van der Waals surface area contributed by atoms with Gasteiger partial charge in [0, 0.05) is 0 Å². The molecule has 1 amide bonds. The van der Waals surface area contributed by atoms with Gasteiger partial charge in [-0.3, -0.25) is 14.5 Å². The molecule has 0 atom stereocenters. The van der Waals surface area contributed by atoms with Crippen LogP contribution in [0.2, 0.25) is 0 Å². The van der Waals surface area contributed by atoms with Crippen molar-refractivity contribution in [3.05, 3.63) is 137 Å². The Labute approximate surface area is 179 Å². The summed E-state index contributed by atoms with van der Waals surface area (Å²) in [4.78, 5) is 28.0. The predicted octanol–water partition coefficient (Wildman–Crippen LogP) is 5.35. The monoisotopic (exact) mass is 407 g/mol. The molecule has 3 nitrogen and oxygen atoms in total. The number of rotatable bonds is 4. The molecule has 0 saturated carbocycles. The topological polar surface area (TPSA) is 37.4 Å². The average Bonchev–Trinajstić information content (AvgIpc) is 3.07. The number of carbonyl (C=O) groups excluding carboxylic acids is 2. The van der Waals surface area contributed by atoms with Crippen molar-refractivity contribution in [1.29, 1.82) is 0 Å². The van der Waals surface area contributed by atoms with Crippen LogP contribution in [-0.4, -0.2) is 11.7 Å². The lowest BCUT2D eigenvalue weighted by Crippen LogP contribution is -2.51. The number of anilines is 1. The van der Waals surface area contributed by atoms with Crippen molar-refractivity contribution in [1.82, 2.24) is 0 Å². The van der Waals surface area contributed by atoms with E-state index in [1.54, 1.807) is 0 Å². The van der Waals surface area contributed by atoms with Crippen LogP contribution in [-0.2, 0) is 10.3 Å². The molecular formula is C27H18FNO2. The molecule has 1 heterocycles. The van der Waals surface area contributed by atoms with Crippen molar-refractivity contribution in [2.45, 2.75) is 5.54 Å². The third-order valence-electron chi connectivity index (χ3n) is 5.75. The molecule has 5 rings (SSSR count). The molecule has 0 aliphatic carbocycles. The summed E-state index contributed by atoms with van der Waals surface area (Å²) in [7, 11) is 0. The highest BCUT2D eigenvalue weighted by Crippen LogP contribution is 2.48. The van der Waals surface area contributed by atoms with E-state index in [2.05, 4.69) is 0 Å². The molecule has 4 aromatic carbocycles. The van der Waals surface area contributed by atoms with Gasteiger partial charge in [-0.15, -0.1) is 0 Å². The summed E-state index contributed by atoms with van der Waals surface area (Å²) in [5.74, 6) is -1.94. The number of nitrogens with zero attached hydrogens (tertiary/aromatic N) is 1. The van der Waals surface area contributed by atoms with Crippen molar-refractivity contribution >= 4 is 17.4 Å². The van der Waals surface area contributed by atoms with E-state index in [-0.39, 0.29) is 5.56 Å². The number of hydrogen-bond donors (Lipinski definition) is 0. The van der Waals surface area contributed by atoms with Crippen LogP contribution in [0.15, 0.2) is 109 Å². The first-order chi connectivity index (χ1) is 15.1. The Hall–Kier alpha value is -4.05. The third-order valence-corrected chi connectivity index (χ3v) is 5.75. The Kier molecular flexibility index (Phi) is 4.48. The molecule has 0 aromatic heterocycles. The number of halogens is 1. The maximum Gasteiger partial charge on any atom is 0.300 e. The molecule has 0 radical (unpaired) electrons. The van der Waals surface area contributed by atoms with Crippen LogP contribution in [0.4, 0.5) is 10.1 Å². The summed E-state index contributed by atoms with van der Waals surface area (Å²) in [6, 6.07) is 32.8. The van der Waals surface area contributed by atoms with Crippen molar-refractivity contribution in [2.75, 3.05) is 4.90 Å². The van der Waals surface area contributed by atoms with Gasteiger partial charge in [-0.2, -0.15) is 0 Å². The predicted molar refractivity (Wildman–Crippen MR) is 117 cm³/mol. The summed E-state index contributed by atoms with van der Waals surface area (Å²) in [6.07, 6.45) is 0. The largest absolute Gasteiger partial charge is 0.300 e. The Morgan fingerprint density at radius 2 is 1.06 bits per heavy atom. The lowest BCUT2D eigenvalue weighted by molar-refractivity contribution is -0.115. The van der Waals surface area contributed by atoms with Gasteiger partial charge >= 0.3 is 5.91 Å². The van der Waals surface area contributed by atoms with Crippen molar-refractivity contribution in [3.8, 4) is 0 Å². The van der Waals surface area contributed by atoms with Crippen molar-refractivity contribution < 1.29 is 14.0 Å². The average molecular weight is 407 g/mol. The summed E-state index contributed by atoms with van der Waals surface area (Å²) in [5, 5.41) is 0. The summed E-state index contributed by atoms with van der Waals surface area (Å²) in [6.45, 7) is 0. The van der Waals surface area contributed by atoms with Crippen molar-refractivity contribution in [2.24, 2.45) is 0 Å². The second-order valence-electron chi connectivity index (χ2n) is 7.44. The minimum Gasteiger partial charge on any atom is -0.286 e. The second-order valence-corrected chi connectivity index (χ2v) is 7.44. The van der Waals surface area contributed by atoms with E-state index in [4.69, 9.17) is 0 Å². The smallest absolute Gasteiger partial charge is 0.286 e. The zero-order chi connectivity index (χ0) is 21.4. The number of benzene rings is 4. The minimum atomic E-state index is -1.11. The van der Waals surface area contributed by atoms with E-state index in [1.165, 1.54) is 17.0 Å². The quantitative estimate of drug-likeness (QED) is 0.338. The minimum absolute atomic E-state index is 0.0807. The highest BCUT2D eigenvalue weighted by molar-refractivity contribution is 6.52. The van der Waals surface area contributed by atoms with Gasteiger partial charge in [-0.05, 0) is 34.9 Å². The van der Waals surface area contributed by atoms with Gasteiger partial charge < -0.3 is 0 Å². The van der Waals surface area contributed by atoms with Gasteiger partial charge in [0.1, 0.15) is 11.4 Å². The number of ketones is 1. The Bertz CT molecular complexity index is 1170.